The average molecular weight is 263 g/mol. The Labute approximate surface area is 103 Å². The van der Waals surface area contributed by atoms with Crippen LogP contribution < -0.4 is 10.6 Å². The zero-order valence-corrected chi connectivity index (χ0v) is 9.98. The second-order valence-corrected chi connectivity index (χ2v) is 3.99. The number of nitrogens with zero attached hydrogens (tertiary/aromatic N) is 2. The lowest BCUT2D eigenvalue weighted by Gasteiger charge is -2.25. The quantitative estimate of drug-likeness (QED) is 0.844. The fraction of sp³-hybridized carbons (Fsp3) is 0.545. The molecule has 0 unspecified atom stereocenters. The van der Waals surface area contributed by atoms with Crippen LogP contribution in [-0.4, -0.2) is 36.0 Å². The summed E-state index contributed by atoms with van der Waals surface area (Å²) in [7, 11) is 0. The lowest BCUT2D eigenvalue weighted by atomic mass is 10.2. The Balaban J connectivity index is 2.85. The van der Waals surface area contributed by atoms with Crippen molar-refractivity contribution in [3.63, 3.8) is 0 Å². The standard InChI is InChI=1S/C11H16F3N3O/c1-8(15)10-3-2-9(6-16-10)17(4-5-18)7-11(12,13)14/h2-3,6,8,18H,4-5,7,15H2,1H3/t8-/m1/s1. The summed E-state index contributed by atoms with van der Waals surface area (Å²) < 4.78 is 37.1. The Morgan fingerprint density at radius 1 is 1.44 bits per heavy atom. The zero-order chi connectivity index (χ0) is 13.8. The maximum Gasteiger partial charge on any atom is 0.405 e. The minimum Gasteiger partial charge on any atom is -0.395 e. The Hall–Kier alpha value is -1.34. The molecule has 3 N–H and O–H groups in total. The second kappa shape index (κ2) is 6.01. The molecule has 0 saturated carbocycles. The molecule has 0 aliphatic carbocycles. The molecule has 0 aliphatic rings. The van der Waals surface area contributed by atoms with Crippen molar-refractivity contribution in [1.82, 2.24) is 4.98 Å². The van der Waals surface area contributed by atoms with Gasteiger partial charge in [0.1, 0.15) is 6.54 Å². The van der Waals surface area contributed by atoms with Crippen molar-refractivity contribution >= 4 is 5.69 Å². The van der Waals surface area contributed by atoms with Gasteiger partial charge in [0.05, 0.1) is 24.2 Å². The van der Waals surface area contributed by atoms with Gasteiger partial charge in [-0.25, -0.2) is 0 Å². The van der Waals surface area contributed by atoms with E-state index in [4.69, 9.17) is 10.8 Å². The molecule has 0 radical (unpaired) electrons. The van der Waals surface area contributed by atoms with Gasteiger partial charge in [0.25, 0.3) is 0 Å². The number of rotatable bonds is 5. The molecule has 18 heavy (non-hydrogen) atoms. The smallest absolute Gasteiger partial charge is 0.395 e. The van der Waals surface area contributed by atoms with Crippen LogP contribution in [0, 0.1) is 0 Å². The monoisotopic (exact) mass is 263 g/mol. The van der Waals surface area contributed by atoms with Crippen LogP contribution in [0.5, 0.6) is 0 Å². The highest BCUT2D eigenvalue weighted by Gasteiger charge is 2.30. The largest absolute Gasteiger partial charge is 0.405 e. The number of aliphatic hydroxyl groups excluding tert-OH is 1. The summed E-state index contributed by atoms with van der Waals surface area (Å²) in [5.74, 6) is 0. The van der Waals surface area contributed by atoms with Crippen molar-refractivity contribution in [3.8, 4) is 0 Å². The average Bonchev–Trinajstić information content (AvgIpc) is 2.27. The van der Waals surface area contributed by atoms with Crippen LogP contribution in [-0.2, 0) is 0 Å². The summed E-state index contributed by atoms with van der Waals surface area (Å²) in [5, 5.41) is 8.79. The molecule has 1 aromatic rings. The molecule has 0 bridgehead atoms. The van der Waals surface area contributed by atoms with Crippen LogP contribution in [0.4, 0.5) is 18.9 Å². The summed E-state index contributed by atoms with van der Waals surface area (Å²) in [4.78, 5) is 5.02. The summed E-state index contributed by atoms with van der Waals surface area (Å²) in [6, 6.07) is 2.83. The first-order valence-electron chi connectivity index (χ1n) is 5.47. The predicted octanol–water partition coefficient (Wildman–Crippen LogP) is 1.46. The highest BCUT2D eigenvalue weighted by Crippen LogP contribution is 2.22. The molecule has 1 aromatic heterocycles. The van der Waals surface area contributed by atoms with Gasteiger partial charge in [-0.2, -0.15) is 13.2 Å². The molecular weight excluding hydrogens is 247 g/mol. The number of hydrogen-bond acceptors (Lipinski definition) is 4. The fourth-order valence-corrected chi connectivity index (χ4v) is 1.49. The van der Waals surface area contributed by atoms with Gasteiger partial charge in [-0.15, -0.1) is 0 Å². The van der Waals surface area contributed by atoms with Crippen LogP contribution in [0.2, 0.25) is 0 Å². The van der Waals surface area contributed by atoms with Gasteiger partial charge in [0.15, 0.2) is 0 Å². The van der Waals surface area contributed by atoms with Gasteiger partial charge in [0.2, 0.25) is 0 Å². The Bertz CT molecular complexity index is 365. The van der Waals surface area contributed by atoms with Gasteiger partial charge >= 0.3 is 6.18 Å². The Morgan fingerprint density at radius 3 is 2.50 bits per heavy atom. The number of hydrogen-bond donors (Lipinski definition) is 2. The van der Waals surface area contributed by atoms with E-state index in [2.05, 4.69) is 4.98 Å². The van der Waals surface area contributed by atoms with E-state index in [1.54, 1.807) is 13.0 Å². The van der Waals surface area contributed by atoms with E-state index in [1.165, 1.54) is 12.3 Å². The number of aromatic nitrogens is 1. The molecule has 0 fully saturated rings. The molecule has 7 heteroatoms. The number of alkyl halides is 3. The summed E-state index contributed by atoms with van der Waals surface area (Å²) in [5.41, 5.74) is 6.52. The third-order valence-electron chi connectivity index (χ3n) is 2.34. The lowest BCUT2D eigenvalue weighted by molar-refractivity contribution is -0.119. The third kappa shape index (κ3) is 4.50. The van der Waals surface area contributed by atoms with Crippen molar-refractivity contribution in [2.24, 2.45) is 5.73 Å². The molecule has 102 valence electrons. The van der Waals surface area contributed by atoms with E-state index in [0.717, 1.165) is 4.90 Å². The molecule has 1 atom stereocenters. The molecule has 1 rings (SSSR count). The Kier molecular flexibility index (Phi) is 4.92. The summed E-state index contributed by atoms with van der Waals surface area (Å²) >= 11 is 0. The van der Waals surface area contributed by atoms with Gasteiger partial charge in [-0.1, -0.05) is 0 Å². The summed E-state index contributed by atoms with van der Waals surface area (Å²) in [6.45, 7) is 0.166. The number of pyridine rings is 1. The molecule has 0 aromatic carbocycles. The van der Waals surface area contributed by atoms with Crippen LogP contribution in [0.15, 0.2) is 18.3 Å². The van der Waals surface area contributed by atoms with Crippen LogP contribution >= 0.6 is 0 Å². The predicted molar refractivity (Wildman–Crippen MR) is 62.2 cm³/mol. The molecule has 0 aliphatic heterocycles. The molecular formula is C11H16F3N3O. The number of aliphatic hydroxyl groups is 1. The maximum absolute atomic E-state index is 12.4. The normalized spacial score (nSPS) is 13.4. The molecule has 0 spiro atoms. The molecule has 0 amide bonds. The maximum atomic E-state index is 12.4. The SMILES string of the molecule is C[C@@H](N)c1ccc(N(CCO)CC(F)(F)F)cn1. The molecule has 1 heterocycles. The van der Waals surface area contributed by atoms with Gasteiger partial charge < -0.3 is 15.7 Å². The van der Waals surface area contributed by atoms with Crippen molar-refractivity contribution in [2.45, 2.75) is 19.1 Å². The van der Waals surface area contributed by atoms with Gasteiger partial charge in [-0.05, 0) is 19.1 Å². The van der Waals surface area contributed by atoms with E-state index >= 15 is 0 Å². The van der Waals surface area contributed by atoms with E-state index in [1.807, 2.05) is 0 Å². The number of nitrogens with two attached hydrogens (primary N) is 1. The Morgan fingerprint density at radius 2 is 2.11 bits per heavy atom. The van der Waals surface area contributed by atoms with Crippen LogP contribution in [0.25, 0.3) is 0 Å². The summed E-state index contributed by atoms with van der Waals surface area (Å²) in [6.07, 6.45) is -2.99. The van der Waals surface area contributed by atoms with Gasteiger partial charge in [0, 0.05) is 12.6 Å². The number of anilines is 1. The lowest BCUT2D eigenvalue weighted by Crippen LogP contribution is -2.36. The second-order valence-electron chi connectivity index (χ2n) is 3.99. The minimum atomic E-state index is -4.32. The van der Waals surface area contributed by atoms with E-state index in [0.29, 0.717) is 11.4 Å². The highest BCUT2D eigenvalue weighted by molar-refractivity contribution is 5.45. The van der Waals surface area contributed by atoms with Crippen molar-refractivity contribution < 1.29 is 18.3 Å². The van der Waals surface area contributed by atoms with E-state index < -0.39 is 12.7 Å². The van der Waals surface area contributed by atoms with E-state index in [-0.39, 0.29) is 19.2 Å². The molecule has 0 saturated heterocycles. The molecule has 4 nitrogen and oxygen atoms in total. The van der Waals surface area contributed by atoms with Crippen LogP contribution in [0.1, 0.15) is 18.7 Å². The van der Waals surface area contributed by atoms with Crippen molar-refractivity contribution in [1.29, 1.82) is 0 Å². The third-order valence-corrected chi connectivity index (χ3v) is 2.34. The first-order chi connectivity index (χ1) is 8.33. The van der Waals surface area contributed by atoms with E-state index in [9.17, 15) is 13.2 Å². The first kappa shape index (κ1) is 14.7. The topological polar surface area (TPSA) is 62.4 Å². The van der Waals surface area contributed by atoms with Crippen molar-refractivity contribution in [3.05, 3.63) is 24.0 Å². The highest BCUT2D eigenvalue weighted by atomic mass is 19.4. The number of halogens is 3. The van der Waals surface area contributed by atoms with Crippen molar-refractivity contribution in [2.75, 3.05) is 24.6 Å². The van der Waals surface area contributed by atoms with Gasteiger partial charge in [-0.3, -0.25) is 4.98 Å². The minimum absolute atomic E-state index is 0.0985. The fourth-order valence-electron chi connectivity index (χ4n) is 1.49. The zero-order valence-electron chi connectivity index (χ0n) is 9.98. The van der Waals surface area contributed by atoms with Crippen LogP contribution in [0.3, 0.4) is 0 Å². The first-order valence-corrected chi connectivity index (χ1v) is 5.47.